The minimum atomic E-state index is 0.525. The van der Waals surface area contributed by atoms with Gasteiger partial charge in [-0.1, -0.05) is 55.0 Å². The average Bonchev–Trinajstić information content (AvgIpc) is 2.84. The summed E-state index contributed by atoms with van der Waals surface area (Å²) in [5.41, 5.74) is 5.75. The number of aromatic nitrogens is 3. The third-order valence-electron chi connectivity index (χ3n) is 6.77. The molecule has 160 valence electrons. The first-order chi connectivity index (χ1) is 15.9. The lowest BCUT2D eigenvalue weighted by Gasteiger charge is -2.28. The van der Waals surface area contributed by atoms with E-state index in [1.54, 1.807) is 0 Å². The second-order valence-electron chi connectivity index (χ2n) is 8.81. The molecule has 2 aromatic carbocycles. The zero-order chi connectivity index (χ0) is 21.3. The number of nitrogens with one attached hydrogen (secondary N) is 1. The van der Waals surface area contributed by atoms with E-state index in [0.717, 1.165) is 43.5 Å². The highest BCUT2D eigenvalue weighted by atomic mass is 15.3. The van der Waals surface area contributed by atoms with Crippen LogP contribution in [-0.2, 0) is 0 Å². The third-order valence-corrected chi connectivity index (χ3v) is 6.77. The molecule has 0 atom stereocenters. The van der Waals surface area contributed by atoms with Crippen molar-refractivity contribution >= 4 is 17.0 Å². The van der Waals surface area contributed by atoms with E-state index >= 15 is 0 Å². The van der Waals surface area contributed by atoms with Crippen LogP contribution in [-0.4, -0.2) is 36.1 Å². The molecule has 1 aliphatic carbocycles. The number of fused-ring (bicyclic) bond motifs is 1. The van der Waals surface area contributed by atoms with Crippen LogP contribution < -0.4 is 14.8 Å². The molecule has 5 heteroatoms. The zero-order valence-corrected chi connectivity index (χ0v) is 18.2. The van der Waals surface area contributed by atoms with Gasteiger partial charge < -0.3 is 10.2 Å². The monoisotopic (exact) mass is 422 g/mol. The number of rotatable bonds is 4. The molecule has 0 amide bonds. The predicted octanol–water partition coefficient (Wildman–Crippen LogP) is 4.25. The van der Waals surface area contributed by atoms with E-state index in [1.807, 2.05) is 0 Å². The van der Waals surface area contributed by atoms with Crippen molar-refractivity contribution in [3.05, 3.63) is 78.6 Å². The quantitative estimate of drug-likeness (QED) is 0.500. The molecule has 2 fully saturated rings. The lowest BCUT2D eigenvalue weighted by molar-refractivity contribution is -0.568. The second-order valence-corrected chi connectivity index (χ2v) is 8.81. The topological polar surface area (TPSA) is 44.9 Å². The first kappa shape index (κ1) is 19.4. The Morgan fingerprint density at radius 2 is 1.56 bits per heavy atom. The summed E-state index contributed by atoms with van der Waals surface area (Å²) in [6.07, 6.45) is 5.95. The van der Waals surface area contributed by atoms with Crippen LogP contribution in [0.1, 0.15) is 30.9 Å². The van der Waals surface area contributed by atoms with Crippen LogP contribution in [0.25, 0.3) is 27.8 Å². The van der Waals surface area contributed by atoms with Gasteiger partial charge in [0.2, 0.25) is 0 Å². The van der Waals surface area contributed by atoms with Gasteiger partial charge >= 0.3 is 11.6 Å². The maximum Gasteiger partial charge on any atom is 0.341 e. The largest absolute Gasteiger partial charge is 0.341 e. The molecule has 1 aliphatic heterocycles. The minimum Gasteiger partial charge on any atom is -0.317 e. The standard InChI is InChI=1S/C27H28N5/c1-3-8-20(9-4-1)22-18-24-25(21-10-7-11-21)29-27(31-16-14-28-15-17-31)30-26(24)32(19-22)23-12-5-2-6-13-23/h1-6,8-9,12-13,18-19,21,28H,7,10-11,14-17H2/q+1. The normalized spacial score (nSPS) is 16.8. The van der Waals surface area contributed by atoms with Crippen molar-refractivity contribution in [2.24, 2.45) is 0 Å². The van der Waals surface area contributed by atoms with Gasteiger partial charge in [0.1, 0.15) is 11.9 Å². The zero-order valence-electron chi connectivity index (χ0n) is 18.2. The molecule has 32 heavy (non-hydrogen) atoms. The molecule has 2 aliphatic rings. The second kappa shape index (κ2) is 8.32. The number of hydrogen-bond donors (Lipinski definition) is 1. The SMILES string of the molecule is c1ccc(-c2cc3c(C4CCC4)nc(N4CCNCC4)nc3[n+](-c3ccccc3)c2)cc1. The highest BCUT2D eigenvalue weighted by Gasteiger charge is 2.31. The van der Waals surface area contributed by atoms with Crippen LogP contribution in [0.15, 0.2) is 72.9 Å². The lowest BCUT2D eigenvalue weighted by atomic mass is 9.81. The number of piperazine rings is 1. The average molecular weight is 423 g/mol. The van der Waals surface area contributed by atoms with Crippen molar-refractivity contribution < 1.29 is 4.57 Å². The number of para-hydroxylation sites is 1. The number of nitrogens with zero attached hydrogens (tertiary/aromatic N) is 4. The van der Waals surface area contributed by atoms with E-state index in [2.05, 4.69) is 87.7 Å². The summed E-state index contributed by atoms with van der Waals surface area (Å²) in [7, 11) is 0. The summed E-state index contributed by atoms with van der Waals surface area (Å²) < 4.78 is 2.26. The first-order valence-corrected chi connectivity index (χ1v) is 11.7. The van der Waals surface area contributed by atoms with Gasteiger partial charge in [0.05, 0.1) is 11.1 Å². The minimum absolute atomic E-state index is 0.525. The summed E-state index contributed by atoms with van der Waals surface area (Å²) in [5, 5.41) is 4.62. The fourth-order valence-electron chi connectivity index (χ4n) is 4.75. The number of pyridine rings is 1. The summed E-state index contributed by atoms with van der Waals surface area (Å²) >= 11 is 0. The van der Waals surface area contributed by atoms with E-state index in [4.69, 9.17) is 9.97 Å². The van der Waals surface area contributed by atoms with Gasteiger partial charge in [0, 0.05) is 37.7 Å². The Morgan fingerprint density at radius 1 is 0.844 bits per heavy atom. The van der Waals surface area contributed by atoms with Gasteiger partial charge in [-0.3, -0.25) is 0 Å². The van der Waals surface area contributed by atoms with Crippen LogP contribution in [0.4, 0.5) is 5.95 Å². The van der Waals surface area contributed by atoms with Gasteiger partial charge in [-0.25, -0.2) is 0 Å². The summed E-state index contributed by atoms with van der Waals surface area (Å²) in [5.74, 6) is 1.40. The molecule has 1 N–H and O–H groups in total. The predicted molar refractivity (Wildman–Crippen MR) is 128 cm³/mol. The Bertz CT molecular complexity index is 1230. The molecule has 1 saturated carbocycles. The van der Waals surface area contributed by atoms with E-state index in [-0.39, 0.29) is 0 Å². The Hall–Kier alpha value is -3.31. The van der Waals surface area contributed by atoms with Crippen LogP contribution in [0, 0.1) is 0 Å². The molecule has 0 unspecified atom stereocenters. The van der Waals surface area contributed by atoms with Crippen LogP contribution in [0.5, 0.6) is 0 Å². The van der Waals surface area contributed by atoms with Gasteiger partial charge in [-0.2, -0.15) is 9.55 Å². The van der Waals surface area contributed by atoms with Crippen LogP contribution in [0.2, 0.25) is 0 Å². The van der Waals surface area contributed by atoms with Crippen LogP contribution in [0.3, 0.4) is 0 Å². The maximum absolute atomic E-state index is 5.19. The van der Waals surface area contributed by atoms with E-state index in [0.29, 0.717) is 5.92 Å². The van der Waals surface area contributed by atoms with Crippen LogP contribution >= 0.6 is 0 Å². The van der Waals surface area contributed by atoms with Crippen molar-refractivity contribution in [3.8, 4) is 16.8 Å². The molecule has 0 radical (unpaired) electrons. The third kappa shape index (κ3) is 3.53. The molecular weight excluding hydrogens is 394 g/mol. The van der Waals surface area contributed by atoms with Gasteiger partial charge in [-0.05, 0) is 41.6 Å². The molecular formula is C27H28N5+. The highest BCUT2D eigenvalue weighted by molar-refractivity contribution is 5.82. The molecule has 5 nitrogen and oxygen atoms in total. The van der Waals surface area contributed by atoms with Gasteiger partial charge in [0.25, 0.3) is 0 Å². The fraction of sp³-hybridized carbons (Fsp3) is 0.296. The summed E-state index contributed by atoms with van der Waals surface area (Å²) in [6, 6.07) is 23.5. The Kier molecular flexibility index (Phi) is 5.04. The maximum atomic E-state index is 5.19. The number of benzene rings is 2. The van der Waals surface area contributed by atoms with Crippen molar-refractivity contribution in [2.75, 3.05) is 31.1 Å². The smallest absolute Gasteiger partial charge is 0.317 e. The summed E-state index contributed by atoms with van der Waals surface area (Å²) in [6.45, 7) is 3.85. The number of anilines is 1. The summed E-state index contributed by atoms with van der Waals surface area (Å²) in [4.78, 5) is 12.7. The van der Waals surface area contributed by atoms with E-state index in [9.17, 15) is 0 Å². The Morgan fingerprint density at radius 3 is 2.25 bits per heavy atom. The van der Waals surface area contributed by atoms with Gasteiger partial charge in [0.15, 0.2) is 0 Å². The molecule has 0 spiro atoms. The van der Waals surface area contributed by atoms with Crippen molar-refractivity contribution in [1.82, 2.24) is 15.3 Å². The van der Waals surface area contributed by atoms with Gasteiger partial charge in [-0.15, -0.1) is 0 Å². The molecule has 1 saturated heterocycles. The molecule has 2 aromatic heterocycles. The van der Waals surface area contributed by atoms with E-state index in [1.165, 1.54) is 41.5 Å². The molecule has 3 heterocycles. The molecule has 4 aromatic rings. The number of hydrogen-bond acceptors (Lipinski definition) is 4. The fourth-order valence-corrected chi connectivity index (χ4v) is 4.75. The molecule has 6 rings (SSSR count). The van der Waals surface area contributed by atoms with Crippen molar-refractivity contribution in [3.63, 3.8) is 0 Å². The Balaban J connectivity index is 1.62. The van der Waals surface area contributed by atoms with Crippen molar-refractivity contribution in [1.29, 1.82) is 0 Å². The van der Waals surface area contributed by atoms with Crippen molar-refractivity contribution in [2.45, 2.75) is 25.2 Å². The molecule has 0 bridgehead atoms. The lowest BCUT2D eigenvalue weighted by Crippen LogP contribution is -2.44. The Labute approximate surface area is 188 Å². The first-order valence-electron chi connectivity index (χ1n) is 11.7. The highest BCUT2D eigenvalue weighted by Crippen LogP contribution is 2.39. The van der Waals surface area contributed by atoms with E-state index < -0.39 is 0 Å².